The summed E-state index contributed by atoms with van der Waals surface area (Å²) in [6.45, 7) is 0. The van der Waals surface area contributed by atoms with E-state index in [4.69, 9.17) is 11.5 Å². The Kier molecular flexibility index (Phi) is 1.08. The summed E-state index contributed by atoms with van der Waals surface area (Å²) in [5.41, 5.74) is 11.7. The van der Waals surface area contributed by atoms with Crippen LogP contribution in [0.15, 0.2) is 0 Å². The normalized spacial score (nSPS) is 56.7. The molecule has 0 unspecified atom stereocenters. The van der Waals surface area contributed by atoms with Gasteiger partial charge in [-0.15, -0.1) is 0 Å². The van der Waals surface area contributed by atoms with Gasteiger partial charge in [0.15, 0.2) is 0 Å². The molecule has 9 heavy (non-hydrogen) atoms. The summed E-state index contributed by atoms with van der Waals surface area (Å²) in [5.74, 6) is 1.54. The van der Waals surface area contributed by atoms with Gasteiger partial charge in [-0.3, -0.25) is 0 Å². The summed E-state index contributed by atoms with van der Waals surface area (Å²) in [6, 6.07) is 0.646. The highest BCUT2D eigenvalue weighted by Gasteiger charge is 2.43. The molecule has 0 aromatic rings. The van der Waals surface area contributed by atoms with Gasteiger partial charge in [0.1, 0.15) is 0 Å². The lowest BCUT2D eigenvalue weighted by Gasteiger charge is -2.23. The maximum atomic E-state index is 5.84. The Labute approximate surface area is 55.6 Å². The van der Waals surface area contributed by atoms with Crippen molar-refractivity contribution in [2.24, 2.45) is 23.3 Å². The number of nitrogens with two attached hydrogens (primary N) is 2. The van der Waals surface area contributed by atoms with Gasteiger partial charge < -0.3 is 11.5 Å². The largest absolute Gasteiger partial charge is 0.326 e. The molecule has 0 aromatic carbocycles. The first kappa shape index (κ1) is 5.69. The van der Waals surface area contributed by atoms with Crippen LogP contribution in [0.25, 0.3) is 0 Å². The van der Waals surface area contributed by atoms with E-state index in [0.717, 1.165) is 11.8 Å². The molecule has 52 valence electrons. The molecule has 4 N–H and O–H groups in total. The van der Waals surface area contributed by atoms with Crippen molar-refractivity contribution in [3.63, 3.8) is 0 Å². The summed E-state index contributed by atoms with van der Waals surface area (Å²) >= 11 is 0. The van der Waals surface area contributed by atoms with Crippen molar-refractivity contribution < 1.29 is 0 Å². The van der Waals surface area contributed by atoms with Gasteiger partial charge in [0.2, 0.25) is 0 Å². The second-order valence-electron chi connectivity index (χ2n) is 3.49. The Hall–Kier alpha value is -0.0800. The molecule has 2 nitrogen and oxygen atoms in total. The van der Waals surface area contributed by atoms with Crippen molar-refractivity contribution in [1.29, 1.82) is 0 Å². The van der Waals surface area contributed by atoms with Crippen molar-refractivity contribution in [2.75, 3.05) is 0 Å². The van der Waals surface area contributed by atoms with E-state index in [1.54, 1.807) is 0 Å². The van der Waals surface area contributed by atoms with Gasteiger partial charge in [-0.05, 0) is 31.1 Å². The summed E-state index contributed by atoms with van der Waals surface area (Å²) in [6.07, 6.45) is 3.97. The van der Waals surface area contributed by atoms with Crippen LogP contribution in [0, 0.1) is 11.8 Å². The summed E-state index contributed by atoms with van der Waals surface area (Å²) in [7, 11) is 0. The Morgan fingerprint density at radius 3 is 1.56 bits per heavy atom. The molecule has 2 heteroatoms. The van der Waals surface area contributed by atoms with Crippen molar-refractivity contribution >= 4 is 0 Å². The second kappa shape index (κ2) is 1.70. The van der Waals surface area contributed by atoms with Crippen LogP contribution in [0.4, 0.5) is 0 Å². The number of hydrogen-bond donors (Lipinski definition) is 2. The standard InChI is InChI=1S/C7H14N2/c8-6-4-1-2-5(3-4)7(6)9/h4-7H,1-3,8-9H2/t4-,5+,6-,7-/m0/s1. The van der Waals surface area contributed by atoms with E-state index in [2.05, 4.69) is 0 Å². The topological polar surface area (TPSA) is 52.0 Å². The summed E-state index contributed by atoms with van der Waals surface area (Å²) in [5, 5.41) is 0. The highest BCUT2D eigenvalue weighted by molar-refractivity contribution is 5.01. The van der Waals surface area contributed by atoms with Crippen molar-refractivity contribution in [3.8, 4) is 0 Å². The molecule has 2 aliphatic carbocycles. The van der Waals surface area contributed by atoms with E-state index in [1.165, 1.54) is 19.3 Å². The monoisotopic (exact) mass is 126 g/mol. The average Bonchev–Trinajstić information content (AvgIpc) is 2.37. The lowest BCUT2D eigenvalue weighted by Crippen LogP contribution is -2.45. The molecule has 0 heterocycles. The second-order valence-corrected chi connectivity index (χ2v) is 3.49. The summed E-state index contributed by atoms with van der Waals surface area (Å²) in [4.78, 5) is 0. The van der Waals surface area contributed by atoms with Gasteiger partial charge in [0, 0.05) is 12.1 Å². The van der Waals surface area contributed by atoms with E-state index in [0.29, 0.717) is 12.1 Å². The minimum Gasteiger partial charge on any atom is -0.326 e. The number of rotatable bonds is 0. The zero-order valence-corrected chi connectivity index (χ0v) is 5.59. The van der Waals surface area contributed by atoms with Crippen molar-refractivity contribution in [3.05, 3.63) is 0 Å². The van der Waals surface area contributed by atoms with E-state index >= 15 is 0 Å². The van der Waals surface area contributed by atoms with Crippen LogP contribution in [0.1, 0.15) is 19.3 Å². The Morgan fingerprint density at radius 2 is 1.33 bits per heavy atom. The lowest BCUT2D eigenvalue weighted by atomic mass is 9.92. The van der Waals surface area contributed by atoms with Gasteiger partial charge in [-0.1, -0.05) is 0 Å². The predicted octanol–water partition coefficient (Wildman–Crippen LogP) is 0.0709. The molecular formula is C7H14N2. The fourth-order valence-corrected chi connectivity index (χ4v) is 2.38. The maximum Gasteiger partial charge on any atom is 0.0223 e. The van der Waals surface area contributed by atoms with Crippen LogP contribution in [-0.4, -0.2) is 12.1 Å². The maximum absolute atomic E-state index is 5.84. The molecule has 2 aliphatic rings. The fraction of sp³-hybridized carbons (Fsp3) is 1.00. The molecule has 2 fully saturated rings. The molecule has 0 radical (unpaired) electrons. The van der Waals surface area contributed by atoms with E-state index in [9.17, 15) is 0 Å². The molecule has 0 aromatic heterocycles. The van der Waals surface area contributed by atoms with Gasteiger partial charge in [0.05, 0.1) is 0 Å². The zero-order valence-electron chi connectivity index (χ0n) is 5.59. The molecule has 0 aliphatic heterocycles. The van der Waals surface area contributed by atoms with Crippen LogP contribution in [0.2, 0.25) is 0 Å². The van der Waals surface area contributed by atoms with E-state index in [-0.39, 0.29) is 0 Å². The zero-order chi connectivity index (χ0) is 6.43. The molecule has 0 amide bonds. The quantitative estimate of drug-likeness (QED) is 0.482. The van der Waals surface area contributed by atoms with Crippen molar-refractivity contribution in [1.82, 2.24) is 0 Å². The van der Waals surface area contributed by atoms with Crippen molar-refractivity contribution in [2.45, 2.75) is 31.3 Å². The van der Waals surface area contributed by atoms with Gasteiger partial charge >= 0.3 is 0 Å². The molecule has 2 rings (SSSR count). The van der Waals surface area contributed by atoms with E-state index in [1.807, 2.05) is 0 Å². The summed E-state index contributed by atoms with van der Waals surface area (Å²) < 4.78 is 0. The average molecular weight is 126 g/mol. The van der Waals surface area contributed by atoms with Crippen LogP contribution in [0.3, 0.4) is 0 Å². The molecular weight excluding hydrogens is 112 g/mol. The first-order valence-electron chi connectivity index (χ1n) is 3.80. The van der Waals surface area contributed by atoms with Gasteiger partial charge in [0.25, 0.3) is 0 Å². The first-order valence-corrected chi connectivity index (χ1v) is 3.80. The fourth-order valence-electron chi connectivity index (χ4n) is 2.38. The number of fused-ring (bicyclic) bond motifs is 2. The Morgan fingerprint density at radius 1 is 0.889 bits per heavy atom. The highest BCUT2D eigenvalue weighted by atomic mass is 14.8. The third-order valence-corrected chi connectivity index (χ3v) is 3.05. The smallest absolute Gasteiger partial charge is 0.0223 e. The lowest BCUT2D eigenvalue weighted by molar-refractivity contribution is 0.365. The highest BCUT2D eigenvalue weighted by Crippen LogP contribution is 2.42. The van der Waals surface area contributed by atoms with Crippen LogP contribution >= 0.6 is 0 Å². The van der Waals surface area contributed by atoms with Crippen LogP contribution in [0.5, 0.6) is 0 Å². The predicted molar refractivity (Wildman–Crippen MR) is 36.8 cm³/mol. The third-order valence-electron chi connectivity index (χ3n) is 3.05. The Bertz CT molecular complexity index is 106. The third kappa shape index (κ3) is 0.634. The Balaban J connectivity index is 2.15. The van der Waals surface area contributed by atoms with Gasteiger partial charge in [-0.25, -0.2) is 0 Å². The minimum atomic E-state index is 0.323. The minimum absolute atomic E-state index is 0.323. The molecule has 2 saturated carbocycles. The molecule has 0 saturated heterocycles. The van der Waals surface area contributed by atoms with E-state index < -0.39 is 0 Å². The van der Waals surface area contributed by atoms with Crippen LogP contribution in [-0.2, 0) is 0 Å². The van der Waals surface area contributed by atoms with Gasteiger partial charge in [-0.2, -0.15) is 0 Å². The molecule has 0 spiro atoms. The molecule has 2 bridgehead atoms. The first-order chi connectivity index (χ1) is 4.29. The van der Waals surface area contributed by atoms with Crippen LogP contribution < -0.4 is 11.5 Å². The number of hydrogen-bond acceptors (Lipinski definition) is 2. The SMILES string of the molecule is N[C@H]1[C@@H]2CC[C@@H](C2)[C@@H]1N. The molecule has 4 atom stereocenters.